The van der Waals surface area contributed by atoms with E-state index in [9.17, 15) is 18.0 Å². The van der Waals surface area contributed by atoms with Crippen LogP contribution >= 0.6 is 0 Å². The molecule has 2 aliphatic heterocycles. The van der Waals surface area contributed by atoms with Gasteiger partial charge in [-0.25, -0.2) is 9.78 Å². The van der Waals surface area contributed by atoms with Crippen molar-refractivity contribution in [1.82, 2.24) is 15.3 Å². The number of hydrogen-bond donors (Lipinski definition) is 2. The fraction of sp³-hybridized carbons (Fsp3) is 0.208. The van der Waals surface area contributed by atoms with E-state index in [0.717, 1.165) is 17.7 Å². The Morgan fingerprint density at radius 1 is 1.03 bits per heavy atom. The van der Waals surface area contributed by atoms with Crippen molar-refractivity contribution in [2.24, 2.45) is 10.2 Å². The fourth-order valence-electron chi connectivity index (χ4n) is 3.89. The number of amides is 2. The topological polar surface area (TPSA) is 94.9 Å². The van der Waals surface area contributed by atoms with Crippen molar-refractivity contribution in [3.8, 4) is 11.3 Å². The number of nitrogens with one attached hydrogen (secondary N) is 2. The lowest BCUT2D eigenvalue weighted by Gasteiger charge is -2.22. The molecule has 5 rings (SSSR count). The van der Waals surface area contributed by atoms with Crippen molar-refractivity contribution in [1.29, 1.82) is 0 Å². The molecular formula is C24H20F3N7O. The molecule has 11 heteroatoms. The molecule has 2 amide bonds. The Labute approximate surface area is 198 Å². The summed E-state index contributed by atoms with van der Waals surface area (Å²) >= 11 is 0. The van der Waals surface area contributed by atoms with Gasteiger partial charge in [-0.3, -0.25) is 15.2 Å². The molecule has 8 nitrogen and oxygen atoms in total. The molecule has 178 valence electrons. The first-order valence-corrected chi connectivity index (χ1v) is 10.9. The van der Waals surface area contributed by atoms with Crippen LogP contribution < -0.4 is 15.5 Å². The molecule has 1 aromatic carbocycles. The summed E-state index contributed by atoms with van der Waals surface area (Å²) in [6.45, 7) is 0.994. The summed E-state index contributed by atoms with van der Waals surface area (Å²) in [5, 5.41) is 14.3. The Balaban J connectivity index is 1.38. The number of urea groups is 1. The molecule has 0 aliphatic carbocycles. The lowest BCUT2D eigenvalue weighted by molar-refractivity contribution is -0.137. The number of halogens is 3. The van der Waals surface area contributed by atoms with E-state index in [0.29, 0.717) is 60.2 Å². The Hall–Kier alpha value is -4.28. The maximum atomic E-state index is 13.2. The molecule has 2 aliphatic rings. The normalized spacial score (nSPS) is 15.5. The predicted molar refractivity (Wildman–Crippen MR) is 126 cm³/mol. The molecule has 0 spiro atoms. The summed E-state index contributed by atoms with van der Waals surface area (Å²) < 4.78 is 39.6. The molecule has 4 heterocycles. The van der Waals surface area contributed by atoms with Crippen LogP contribution in [0.4, 0.5) is 29.5 Å². The number of fused-ring (bicyclic) bond motifs is 1. The minimum Gasteiger partial charge on any atom is -0.382 e. The highest BCUT2D eigenvalue weighted by Gasteiger charge is 2.31. The zero-order valence-corrected chi connectivity index (χ0v) is 18.4. The van der Waals surface area contributed by atoms with Crippen LogP contribution in [0.25, 0.3) is 11.3 Å². The lowest BCUT2D eigenvalue weighted by atomic mass is 10.1. The number of alkyl halides is 3. The molecule has 0 saturated heterocycles. The fourth-order valence-corrected chi connectivity index (χ4v) is 3.89. The van der Waals surface area contributed by atoms with E-state index in [1.807, 2.05) is 12.1 Å². The maximum Gasteiger partial charge on any atom is 0.416 e. The first-order valence-electron chi connectivity index (χ1n) is 10.9. The van der Waals surface area contributed by atoms with Gasteiger partial charge in [0.2, 0.25) is 0 Å². The van der Waals surface area contributed by atoms with Crippen LogP contribution in [0.2, 0.25) is 0 Å². The number of benzene rings is 1. The van der Waals surface area contributed by atoms with Crippen molar-refractivity contribution < 1.29 is 18.0 Å². The van der Waals surface area contributed by atoms with Crippen molar-refractivity contribution in [2.75, 3.05) is 23.3 Å². The molecule has 2 aromatic heterocycles. The number of rotatable bonds is 2. The smallest absolute Gasteiger partial charge is 0.382 e. The quantitative estimate of drug-likeness (QED) is 0.557. The van der Waals surface area contributed by atoms with E-state index in [2.05, 4.69) is 30.8 Å². The number of nitrogens with zero attached hydrogens (tertiary/aromatic N) is 5. The zero-order valence-electron chi connectivity index (χ0n) is 18.4. The van der Waals surface area contributed by atoms with E-state index in [1.54, 1.807) is 30.6 Å². The van der Waals surface area contributed by atoms with Crippen LogP contribution in [0.5, 0.6) is 0 Å². The summed E-state index contributed by atoms with van der Waals surface area (Å²) in [4.78, 5) is 23.2. The van der Waals surface area contributed by atoms with E-state index in [-0.39, 0.29) is 0 Å². The third-order valence-electron chi connectivity index (χ3n) is 5.63. The van der Waals surface area contributed by atoms with Crippen LogP contribution in [0.15, 0.2) is 71.1 Å². The van der Waals surface area contributed by atoms with Gasteiger partial charge < -0.3 is 5.32 Å². The summed E-state index contributed by atoms with van der Waals surface area (Å²) in [7, 11) is 0. The van der Waals surface area contributed by atoms with Crippen LogP contribution in [0.3, 0.4) is 0 Å². The van der Waals surface area contributed by atoms with Gasteiger partial charge in [0.05, 0.1) is 29.1 Å². The van der Waals surface area contributed by atoms with Gasteiger partial charge in [-0.1, -0.05) is 12.1 Å². The van der Waals surface area contributed by atoms with Gasteiger partial charge in [0.25, 0.3) is 0 Å². The molecule has 3 aromatic rings. The van der Waals surface area contributed by atoms with Gasteiger partial charge in [0.15, 0.2) is 5.82 Å². The molecule has 2 N–H and O–H groups in total. The second-order valence-corrected chi connectivity index (χ2v) is 8.01. The zero-order chi connectivity index (χ0) is 24.4. The van der Waals surface area contributed by atoms with Crippen LogP contribution in [-0.4, -0.2) is 40.6 Å². The number of aromatic nitrogens is 2. The summed E-state index contributed by atoms with van der Waals surface area (Å²) in [6, 6.07) is 11.5. The number of anilines is 2. The van der Waals surface area contributed by atoms with Gasteiger partial charge in [0.1, 0.15) is 5.84 Å². The predicted octanol–water partition coefficient (Wildman–Crippen LogP) is 4.70. The van der Waals surface area contributed by atoms with E-state index >= 15 is 0 Å². The SMILES string of the molecule is O=C(NC1=NN=C(c2ccncc2)C1)N1CCCNc2ccc(-c3cccc(C(F)(F)F)c3)nc21. The van der Waals surface area contributed by atoms with E-state index < -0.39 is 17.8 Å². The van der Waals surface area contributed by atoms with Gasteiger partial charge >= 0.3 is 12.2 Å². The average Bonchev–Trinajstić information content (AvgIpc) is 3.22. The Kier molecular flexibility index (Phi) is 5.89. The molecule has 0 radical (unpaired) electrons. The van der Waals surface area contributed by atoms with Gasteiger partial charge in [-0.15, -0.1) is 5.10 Å². The average molecular weight is 479 g/mol. The van der Waals surface area contributed by atoms with E-state index in [1.165, 1.54) is 11.0 Å². The van der Waals surface area contributed by atoms with Crippen molar-refractivity contribution in [3.05, 3.63) is 72.1 Å². The van der Waals surface area contributed by atoms with Crippen molar-refractivity contribution in [2.45, 2.75) is 19.0 Å². The molecule has 0 atom stereocenters. The number of pyridine rings is 2. The number of carbonyl (C=O) groups excluding carboxylic acids is 1. The summed E-state index contributed by atoms with van der Waals surface area (Å²) in [5.41, 5.74) is 2.08. The molecule has 35 heavy (non-hydrogen) atoms. The summed E-state index contributed by atoms with van der Waals surface area (Å²) in [5.74, 6) is 0.735. The molecule has 0 saturated carbocycles. The van der Waals surface area contributed by atoms with Crippen molar-refractivity contribution >= 4 is 29.1 Å². The highest BCUT2D eigenvalue weighted by atomic mass is 19.4. The van der Waals surface area contributed by atoms with Crippen LogP contribution in [-0.2, 0) is 6.18 Å². The highest BCUT2D eigenvalue weighted by molar-refractivity contribution is 6.18. The molecular weight excluding hydrogens is 459 g/mol. The Morgan fingerprint density at radius 3 is 2.66 bits per heavy atom. The molecule has 0 unspecified atom stereocenters. The molecule has 0 bridgehead atoms. The third kappa shape index (κ3) is 4.84. The number of amidine groups is 1. The first kappa shape index (κ1) is 22.5. The molecule has 0 fully saturated rings. The second-order valence-electron chi connectivity index (χ2n) is 8.01. The minimum atomic E-state index is -4.46. The first-order chi connectivity index (χ1) is 16.9. The largest absolute Gasteiger partial charge is 0.416 e. The summed E-state index contributed by atoms with van der Waals surface area (Å²) in [6.07, 6.45) is -0.138. The Morgan fingerprint density at radius 2 is 1.86 bits per heavy atom. The van der Waals surface area contributed by atoms with Crippen molar-refractivity contribution in [3.63, 3.8) is 0 Å². The number of carbonyl (C=O) groups is 1. The van der Waals surface area contributed by atoms with Gasteiger partial charge in [0, 0.05) is 36.6 Å². The highest BCUT2D eigenvalue weighted by Crippen LogP contribution is 2.34. The van der Waals surface area contributed by atoms with Crippen LogP contribution in [0, 0.1) is 0 Å². The monoisotopic (exact) mass is 479 g/mol. The van der Waals surface area contributed by atoms with E-state index in [4.69, 9.17) is 0 Å². The third-order valence-corrected chi connectivity index (χ3v) is 5.63. The lowest BCUT2D eigenvalue weighted by Crippen LogP contribution is -2.43. The Bertz CT molecular complexity index is 1320. The van der Waals surface area contributed by atoms with Gasteiger partial charge in [-0.05, 0) is 42.8 Å². The van der Waals surface area contributed by atoms with Gasteiger partial charge in [-0.2, -0.15) is 18.3 Å². The standard InChI is InChI=1S/C24H20F3N7O/c25-24(26,27)17-4-1-3-16(13-17)18-5-6-19-22(30-18)34(12-2-9-29-19)23(35)31-21-14-20(32-33-21)15-7-10-28-11-8-15/h1,3-8,10-11,13,29H,2,9,12,14H2,(H,31,33,35). The van der Waals surface area contributed by atoms with Crippen LogP contribution in [0.1, 0.15) is 24.0 Å². The maximum absolute atomic E-state index is 13.2. The second kappa shape index (κ2) is 9.16. The number of hydrogen-bond acceptors (Lipinski definition) is 6. The minimum absolute atomic E-state index is 0.308.